The molecule has 30 heterocycles. The van der Waals surface area contributed by atoms with E-state index < -0.39 is 314 Å². The van der Waals surface area contributed by atoms with E-state index in [0.717, 1.165) is 0 Å². The summed E-state index contributed by atoms with van der Waals surface area (Å²) in [5.41, 5.74) is 0. The van der Waals surface area contributed by atoms with Gasteiger partial charge in [-0.2, -0.15) is 8.42 Å². The Bertz CT molecular complexity index is 3060. The zero-order valence-electron chi connectivity index (χ0n) is 52.7. The molecule has 16 bridgehead atoms. The van der Waals surface area contributed by atoms with Crippen LogP contribution < -0.4 is 0 Å². The number of rotatable bonds is 11. The molecule has 0 radical (unpaired) electrons. The van der Waals surface area contributed by atoms with E-state index in [1.54, 1.807) is 24.3 Å². The molecule has 23 N–H and O–H groups in total. The summed E-state index contributed by atoms with van der Waals surface area (Å²) in [6.07, 6.45) is -85.0. The zero-order chi connectivity index (χ0) is 73.0. The maximum atomic E-state index is 13.9. The Kier molecular flexibility index (Phi) is 26.1. The average molecular weight is 1490 g/mol. The van der Waals surface area contributed by atoms with Gasteiger partial charge >= 0.3 is 0 Å². The molecule has 30 saturated heterocycles. The van der Waals surface area contributed by atoms with Crippen molar-refractivity contribution < 1.29 is 206 Å². The summed E-state index contributed by atoms with van der Waals surface area (Å²) in [5.74, 6) is 0. The lowest BCUT2D eigenvalue weighted by atomic mass is 9.94. The van der Waals surface area contributed by atoms with E-state index in [9.17, 15) is 126 Å². The largest absolute Gasteiger partial charge is 0.394 e. The van der Waals surface area contributed by atoms with Gasteiger partial charge in [-0.25, -0.2) is 0 Å². The van der Waals surface area contributed by atoms with E-state index >= 15 is 0 Å². The van der Waals surface area contributed by atoms with Crippen molar-refractivity contribution in [2.75, 3.05) is 52.9 Å². The molecule has 101 heavy (non-hydrogen) atoms. The van der Waals surface area contributed by atoms with E-state index in [4.69, 9.17) is 80.0 Å². The minimum Gasteiger partial charge on any atom is -0.394 e. The maximum Gasteiger partial charge on any atom is 0.297 e. The first-order chi connectivity index (χ1) is 48.1. The topological polar surface area (TPSA) is 656 Å². The number of fused-ring (bicyclic) bond motifs is 1. The molecule has 2 aromatic rings. The first-order valence-corrected chi connectivity index (χ1v) is 33.5. The third kappa shape index (κ3) is 15.9. The van der Waals surface area contributed by atoms with Crippen LogP contribution in [0.1, 0.15) is 0 Å². The molecule has 0 saturated carbocycles. The monoisotopic (exact) mass is 1490 g/mol. The molecule has 0 spiro atoms. The van der Waals surface area contributed by atoms with Gasteiger partial charge in [0.2, 0.25) is 0 Å². The van der Waals surface area contributed by atoms with Crippen LogP contribution in [0.5, 0.6) is 0 Å². The van der Waals surface area contributed by atoms with Crippen molar-refractivity contribution >= 4 is 20.9 Å². The molecule has 43 heteroatoms. The van der Waals surface area contributed by atoms with Crippen LogP contribution in [-0.4, -0.2) is 424 Å². The highest BCUT2D eigenvalue weighted by Gasteiger charge is 2.61. The van der Waals surface area contributed by atoms with Crippen molar-refractivity contribution in [2.24, 2.45) is 0 Å². The number of aliphatic hydroxyl groups is 23. The van der Waals surface area contributed by atoms with Crippen LogP contribution >= 0.6 is 0 Å². The van der Waals surface area contributed by atoms with Gasteiger partial charge in [0.15, 0.2) is 50.3 Å². The van der Waals surface area contributed by atoms with E-state index in [0.29, 0.717) is 10.8 Å². The van der Waals surface area contributed by atoms with E-state index in [-0.39, 0.29) is 0 Å². The second kappa shape index (κ2) is 33.3. The molecule has 30 aliphatic rings. The van der Waals surface area contributed by atoms with Crippen LogP contribution in [0.25, 0.3) is 10.8 Å². The second-order valence-electron chi connectivity index (χ2n) is 25.5. The van der Waals surface area contributed by atoms with Gasteiger partial charge in [0, 0.05) is 0 Å². The highest BCUT2D eigenvalue weighted by atomic mass is 32.2. The smallest absolute Gasteiger partial charge is 0.297 e. The molecule has 2 aromatic carbocycles. The lowest BCUT2D eigenvalue weighted by Gasteiger charge is -2.50. The fourth-order valence-electron chi connectivity index (χ4n) is 13.4. The summed E-state index contributed by atoms with van der Waals surface area (Å²) in [7, 11) is -4.83. The van der Waals surface area contributed by atoms with Gasteiger partial charge in [-0.1, -0.05) is 30.3 Å². The Hall–Kier alpha value is -2.95. The second-order valence-corrected chi connectivity index (χ2v) is 27.1. The Labute approximate surface area is 571 Å². The number of ether oxygens (including phenoxy) is 16. The van der Waals surface area contributed by atoms with Gasteiger partial charge in [0.1, 0.15) is 195 Å². The molecule has 32 rings (SSSR count). The molecular formula is C58H86O42S. The lowest BCUT2D eigenvalue weighted by Crippen LogP contribution is -2.69. The van der Waals surface area contributed by atoms with Crippen LogP contribution in [0.3, 0.4) is 0 Å². The molecule has 30 aliphatic heterocycles. The minimum absolute atomic E-state index is 0.405. The number of aliphatic hydroxyl groups excluding tert-OH is 23. The Morgan fingerprint density at radius 3 is 0.673 bits per heavy atom. The normalized spacial score (nSPS) is 49.9. The fourth-order valence-corrected chi connectivity index (χ4v) is 14.4. The van der Waals surface area contributed by atoms with Crippen molar-refractivity contribution in [1.29, 1.82) is 0 Å². The Morgan fingerprint density at radius 2 is 0.455 bits per heavy atom. The fraction of sp³-hybridized carbons (Fsp3) is 0.828. The van der Waals surface area contributed by atoms with Gasteiger partial charge in [-0.15, -0.1) is 0 Å². The van der Waals surface area contributed by atoms with Crippen LogP contribution in [0.2, 0.25) is 0 Å². The van der Waals surface area contributed by atoms with Gasteiger partial charge in [-0.3, -0.25) is 4.18 Å². The van der Waals surface area contributed by atoms with Crippen LogP contribution in [0.15, 0.2) is 47.4 Å². The molecule has 0 aromatic heterocycles. The predicted molar refractivity (Wildman–Crippen MR) is 311 cm³/mol. The van der Waals surface area contributed by atoms with Crippen LogP contribution in [0.4, 0.5) is 0 Å². The molecule has 0 unspecified atom stereocenters. The Balaban J connectivity index is 0.880. The van der Waals surface area contributed by atoms with Gasteiger partial charge in [-0.05, 0) is 22.9 Å². The summed E-state index contributed by atoms with van der Waals surface area (Å²) in [6.45, 7) is -9.04. The van der Waals surface area contributed by atoms with Gasteiger partial charge < -0.3 is 193 Å². The summed E-state index contributed by atoms with van der Waals surface area (Å²) >= 11 is 0. The lowest BCUT2D eigenvalue weighted by molar-refractivity contribution is -0.404. The molecule has 0 amide bonds. The van der Waals surface area contributed by atoms with Crippen LogP contribution in [0, 0.1) is 0 Å². The zero-order valence-corrected chi connectivity index (χ0v) is 53.6. The average Bonchev–Trinajstić information content (AvgIpc) is 0.775. The molecule has 40 atom stereocenters. The molecule has 42 nitrogen and oxygen atoms in total. The minimum atomic E-state index is -4.83. The van der Waals surface area contributed by atoms with E-state index in [1.165, 1.54) is 18.2 Å². The number of benzene rings is 2. The van der Waals surface area contributed by atoms with Crippen molar-refractivity contribution in [3.63, 3.8) is 0 Å². The number of hydrogen-bond donors (Lipinski definition) is 23. The highest BCUT2D eigenvalue weighted by molar-refractivity contribution is 7.86. The summed E-state index contributed by atoms with van der Waals surface area (Å²) < 4.78 is 126. The molecular weight excluding hydrogens is 1400 g/mol. The molecule has 576 valence electrons. The molecule has 0 aliphatic carbocycles. The Morgan fingerprint density at radius 1 is 0.257 bits per heavy atom. The van der Waals surface area contributed by atoms with Crippen LogP contribution in [-0.2, 0) is 90.1 Å². The first kappa shape index (κ1) is 79.1. The third-order valence-electron chi connectivity index (χ3n) is 19.1. The standard InChI is InChI=1S/C58H86O42S/c59-8-19-43-27(66)35(74)51(85-19)94-44-20(9-60)87-53(37(76)29(44)68)96-46-22(11-62)89-55(39(78)31(46)70)98-48-24(13-64)91-57(41(80)33(48)72)100-50-26(15-84-101(82,83)18-6-5-16-3-1-2-4-17(16)7-18)92-58(42(81)34(50)73)99-49-25(14-65)90-56(40(79)32(49)71)97-47-23(12-63)88-54(38(77)30(47)69)95-45-21(10-61)86-52(93-43)36(75)28(45)67/h1-7,19-81H,8-15H2/t19-,20+,21-,22+,23-,24+,25-,26+,27+,28+,29+,30+,31+,32+,33+,34+,35+,36+,37+,38+,39+,40+,41+,42+,43+,44+,45+,46+,47+,48+,49+,50+,51+,52+,53+,54+,55+,56+,57+,58+/m0/s1. The van der Waals surface area contributed by atoms with Crippen molar-refractivity contribution in [3.8, 4) is 0 Å². The van der Waals surface area contributed by atoms with Crippen molar-refractivity contribution in [2.45, 2.75) is 251 Å². The SMILES string of the molecule is O=S(=O)(OC[C@H]1O[C@@H]2O[C@H]3[C@H](O)[C@@H](O)[C@@H](O[C@H]4[C@H](O)[C@@H](O)[C@@H](O[C@H]5[C@H](O)[C@@H](O)[C@@H](O[C@H]6[C@H](O)[C@@H](O)[C@@H](O[C@H]7[C@H](O)[C@@H](O)[C@@H](O[C@H]8[C@H](O)[C@@H](O)[C@@H](O[C@H]9[C@H](O)[C@@H](O)[C@@H](O[C@H]1[C@H](O)[C@H]2O)O[C@@H]9CO)O[C@@H]8CO)O[C@@H]7CO)O[C@H]6CO)O[C@H]5CO)O[C@H]4CO)O[C@H]3CO)c1ccc2ccccc2c1. The van der Waals surface area contributed by atoms with E-state index in [2.05, 4.69) is 0 Å². The molecule has 30 fully saturated rings. The van der Waals surface area contributed by atoms with Crippen molar-refractivity contribution in [1.82, 2.24) is 0 Å². The first-order valence-electron chi connectivity index (χ1n) is 32.1. The van der Waals surface area contributed by atoms with Gasteiger partial charge in [0.05, 0.1) is 57.8 Å². The highest BCUT2D eigenvalue weighted by Crippen LogP contribution is 2.40. The summed E-state index contributed by atoms with van der Waals surface area (Å²) in [6, 6.07) is 10.5. The van der Waals surface area contributed by atoms with Crippen molar-refractivity contribution in [3.05, 3.63) is 42.5 Å². The number of hydrogen-bond acceptors (Lipinski definition) is 42. The third-order valence-corrected chi connectivity index (χ3v) is 20.4. The maximum absolute atomic E-state index is 13.9. The quantitative estimate of drug-likeness (QED) is 0.0929. The summed E-state index contributed by atoms with van der Waals surface area (Å²) in [5, 5.41) is 260. The predicted octanol–water partition coefficient (Wildman–Crippen LogP) is -14.8. The van der Waals surface area contributed by atoms with E-state index in [1.807, 2.05) is 0 Å². The summed E-state index contributed by atoms with van der Waals surface area (Å²) in [4.78, 5) is -0.405. The van der Waals surface area contributed by atoms with Gasteiger partial charge in [0.25, 0.3) is 10.1 Å².